The van der Waals surface area contributed by atoms with Gasteiger partial charge in [-0.25, -0.2) is 14.3 Å². The molecule has 3 aromatic rings. The van der Waals surface area contributed by atoms with Crippen LogP contribution >= 0.6 is 0 Å². The summed E-state index contributed by atoms with van der Waals surface area (Å²) in [6, 6.07) is 11.2. The largest absolute Gasteiger partial charge is 0.463 e. The monoisotopic (exact) mass is 638 g/mol. The van der Waals surface area contributed by atoms with Crippen molar-refractivity contribution in [2.24, 2.45) is 16.6 Å². The average molecular weight is 639 g/mol. The number of rotatable bonds is 13. The molecule has 1 fully saturated rings. The number of amides is 1. The summed E-state index contributed by atoms with van der Waals surface area (Å²) in [5.41, 5.74) is 5.59. The molecular weight excluding hydrogens is 600 g/mol. The molecule has 2 aromatic heterocycles. The van der Waals surface area contributed by atoms with Crippen molar-refractivity contribution in [1.82, 2.24) is 14.6 Å². The van der Waals surface area contributed by atoms with Crippen LogP contribution in [0.1, 0.15) is 32.0 Å². The van der Waals surface area contributed by atoms with Gasteiger partial charge in [-0.1, -0.05) is 50.8 Å². The first-order valence-corrected chi connectivity index (χ1v) is 14.5. The molecule has 4 N–H and O–H groups in total. The zero-order valence-corrected chi connectivity index (χ0v) is 26.0. The van der Waals surface area contributed by atoms with Gasteiger partial charge in [-0.2, -0.15) is 5.10 Å². The second kappa shape index (κ2) is 14.9. The first-order valence-electron chi connectivity index (χ1n) is 14.5. The predicted octanol–water partition coefficient (Wildman–Crippen LogP) is 2.12. The lowest BCUT2D eigenvalue weighted by atomic mass is 9.92. The summed E-state index contributed by atoms with van der Waals surface area (Å²) >= 11 is 0. The zero-order valence-electron chi connectivity index (χ0n) is 26.0. The SMILES string of the molecule is C=C(C)OCOC(=O)Nc1ncnn2c([C@]3(/C=N\C)O[C@H](COC(=O)Cc4ccccc4)[C@@H](OC(=O)[C@@H](N)C(C)C)[C@H]3O)ccc12. The number of nitrogens with two attached hydrogens (primary N) is 1. The van der Waals surface area contributed by atoms with Crippen molar-refractivity contribution in [3.05, 3.63) is 72.4 Å². The van der Waals surface area contributed by atoms with Crippen LogP contribution in [0.3, 0.4) is 0 Å². The van der Waals surface area contributed by atoms with Gasteiger partial charge in [0.25, 0.3) is 0 Å². The standard InChI is InChI=1S/C31H38N6O9/c1-18(2)25(32)29(40)45-26-22(14-42-24(38)13-20-9-7-6-8-10-20)46-31(15-33-5,27(26)39)23-12-11-21-28(34-16-35-37(21)23)36-30(41)44-17-43-19(3)4/h6-12,15-16,18,22,25-27,39H,3,13-14,17,32H2,1-2,4-5H3,(H,34,35,36,41)/b33-15-/t22-,25+,26-,27-,31+/m1/s1. The fourth-order valence-corrected chi connectivity index (χ4v) is 4.80. The van der Waals surface area contributed by atoms with Crippen LogP contribution in [-0.2, 0) is 45.3 Å². The Morgan fingerprint density at radius 2 is 1.93 bits per heavy atom. The lowest BCUT2D eigenvalue weighted by Crippen LogP contribution is -2.47. The maximum absolute atomic E-state index is 13.0. The molecule has 1 aliphatic heterocycles. The molecule has 0 aliphatic carbocycles. The fraction of sp³-hybridized carbons (Fsp3) is 0.419. The Kier molecular flexibility index (Phi) is 11.1. The number of nitrogens with one attached hydrogen (secondary N) is 1. The molecule has 1 aromatic carbocycles. The van der Waals surface area contributed by atoms with Gasteiger partial charge in [0.2, 0.25) is 6.79 Å². The van der Waals surface area contributed by atoms with Gasteiger partial charge in [0.15, 0.2) is 17.5 Å². The number of anilines is 1. The smallest absolute Gasteiger partial charge is 0.415 e. The van der Waals surface area contributed by atoms with Crippen molar-refractivity contribution in [2.45, 2.75) is 57.1 Å². The number of fused-ring (bicyclic) bond motifs is 1. The summed E-state index contributed by atoms with van der Waals surface area (Å²) in [6.45, 7) is 7.96. The highest BCUT2D eigenvalue weighted by Crippen LogP contribution is 2.41. The first-order chi connectivity index (χ1) is 22.0. The molecule has 1 aliphatic rings. The maximum Gasteiger partial charge on any atom is 0.415 e. The van der Waals surface area contributed by atoms with Crippen molar-refractivity contribution >= 4 is 35.6 Å². The number of carbonyl (C=O) groups excluding carboxylic acids is 3. The van der Waals surface area contributed by atoms with E-state index >= 15 is 0 Å². The second-order valence-corrected chi connectivity index (χ2v) is 10.9. The predicted molar refractivity (Wildman–Crippen MR) is 165 cm³/mol. The summed E-state index contributed by atoms with van der Waals surface area (Å²) < 4.78 is 29.1. The van der Waals surface area contributed by atoms with E-state index in [2.05, 4.69) is 27.0 Å². The number of aromatic nitrogens is 3. The molecule has 46 heavy (non-hydrogen) atoms. The van der Waals surface area contributed by atoms with E-state index in [1.165, 1.54) is 24.1 Å². The normalized spacial score (nSPS) is 21.7. The Labute approximate surface area is 265 Å². The molecule has 1 amide bonds. The second-order valence-electron chi connectivity index (χ2n) is 10.9. The number of benzene rings is 1. The van der Waals surface area contributed by atoms with Gasteiger partial charge < -0.3 is 34.5 Å². The quantitative estimate of drug-likeness (QED) is 0.0812. The van der Waals surface area contributed by atoms with E-state index in [1.807, 2.05) is 6.07 Å². The van der Waals surface area contributed by atoms with E-state index in [1.54, 1.807) is 57.2 Å². The van der Waals surface area contributed by atoms with Crippen LogP contribution < -0.4 is 11.1 Å². The Morgan fingerprint density at radius 3 is 2.61 bits per heavy atom. The minimum atomic E-state index is -1.76. The summed E-state index contributed by atoms with van der Waals surface area (Å²) in [5.74, 6) is -1.13. The number of allylic oxidation sites excluding steroid dienone is 1. The summed E-state index contributed by atoms with van der Waals surface area (Å²) in [7, 11) is 1.47. The lowest BCUT2D eigenvalue weighted by Gasteiger charge is -2.28. The third-order valence-corrected chi connectivity index (χ3v) is 7.19. The first kappa shape index (κ1) is 34.0. The molecule has 0 radical (unpaired) electrons. The minimum absolute atomic E-state index is 0.00184. The minimum Gasteiger partial charge on any atom is -0.463 e. The number of carbonyl (C=O) groups is 3. The van der Waals surface area contributed by atoms with Crippen molar-refractivity contribution in [2.75, 3.05) is 25.8 Å². The van der Waals surface area contributed by atoms with Gasteiger partial charge in [0.1, 0.15) is 36.7 Å². The number of aliphatic hydroxyl groups is 1. The van der Waals surface area contributed by atoms with Gasteiger partial charge in [0, 0.05) is 13.3 Å². The highest BCUT2D eigenvalue weighted by molar-refractivity contribution is 5.89. The third-order valence-electron chi connectivity index (χ3n) is 7.19. The fourth-order valence-electron chi connectivity index (χ4n) is 4.80. The molecule has 3 heterocycles. The summed E-state index contributed by atoms with van der Waals surface area (Å²) in [6.07, 6.45) is -2.36. The molecule has 246 valence electrons. The average Bonchev–Trinajstić information content (AvgIpc) is 3.56. The van der Waals surface area contributed by atoms with Crippen molar-refractivity contribution in [3.8, 4) is 0 Å². The summed E-state index contributed by atoms with van der Waals surface area (Å²) in [5, 5.41) is 18.6. The topological polar surface area (TPSA) is 198 Å². The number of aliphatic imine (C=N–C) groups is 1. The van der Waals surface area contributed by atoms with Crippen LogP contribution in [0.15, 0.2) is 66.1 Å². The lowest BCUT2D eigenvalue weighted by molar-refractivity contribution is -0.162. The molecule has 0 unspecified atom stereocenters. The molecule has 0 spiro atoms. The van der Waals surface area contributed by atoms with E-state index < -0.39 is 48.0 Å². The number of hydrogen-bond donors (Lipinski definition) is 3. The van der Waals surface area contributed by atoms with Crippen LogP contribution in [0.4, 0.5) is 10.6 Å². The Balaban J connectivity index is 1.65. The van der Waals surface area contributed by atoms with E-state index in [-0.39, 0.29) is 37.3 Å². The Morgan fingerprint density at radius 1 is 1.20 bits per heavy atom. The number of hydrogen-bond acceptors (Lipinski definition) is 13. The molecular formula is C31H38N6O9. The van der Waals surface area contributed by atoms with Crippen LogP contribution in [0.5, 0.6) is 0 Å². The number of esters is 2. The van der Waals surface area contributed by atoms with E-state index in [4.69, 9.17) is 29.4 Å². The molecule has 1 saturated heterocycles. The van der Waals surface area contributed by atoms with Gasteiger partial charge in [-0.05, 0) is 30.5 Å². The van der Waals surface area contributed by atoms with Crippen molar-refractivity contribution in [1.29, 1.82) is 0 Å². The van der Waals surface area contributed by atoms with Crippen LogP contribution in [0.25, 0.3) is 5.52 Å². The van der Waals surface area contributed by atoms with Crippen LogP contribution in [0.2, 0.25) is 0 Å². The van der Waals surface area contributed by atoms with Crippen LogP contribution in [-0.4, -0.2) is 88.8 Å². The summed E-state index contributed by atoms with van der Waals surface area (Å²) in [4.78, 5) is 46.3. The maximum atomic E-state index is 13.0. The third kappa shape index (κ3) is 7.67. The molecule has 0 bridgehead atoms. The highest BCUT2D eigenvalue weighted by atomic mass is 16.7. The van der Waals surface area contributed by atoms with E-state index in [0.29, 0.717) is 11.3 Å². The number of aliphatic hydroxyl groups excluding tert-OH is 1. The van der Waals surface area contributed by atoms with E-state index in [0.717, 1.165) is 5.56 Å². The molecule has 4 rings (SSSR count). The van der Waals surface area contributed by atoms with Gasteiger partial charge in [0.05, 0.1) is 17.9 Å². The molecule has 15 heteroatoms. The van der Waals surface area contributed by atoms with Crippen molar-refractivity contribution in [3.63, 3.8) is 0 Å². The molecule has 5 atom stereocenters. The van der Waals surface area contributed by atoms with Gasteiger partial charge in [-0.15, -0.1) is 0 Å². The Bertz CT molecular complexity index is 1580. The number of ether oxygens (including phenoxy) is 5. The Hall–Kier alpha value is -4.86. The molecule has 15 nitrogen and oxygen atoms in total. The van der Waals surface area contributed by atoms with Gasteiger partial charge >= 0.3 is 18.0 Å². The zero-order chi connectivity index (χ0) is 33.4. The number of nitrogens with zero attached hydrogens (tertiary/aromatic N) is 4. The van der Waals surface area contributed by atoms with Gasteiger partial charge in [-0.3, -0.25) is 19.9 Å². The highest BCUT2D eigenvalue weighted by Gasteiger charge is 2.58. The van der Waals surface area contributed by atoms with Crippen LogP contribution in [0, 0.1) is 5.92 Å². The van der Waals surface area contributed by atoms with Crippen molar-refractivity contribution < 1.29 is 43.2 Å². The van der Waals surface area contributed by atoms with E-state index in [9.17, 15) is 19.5 Å². The molecule has 0 saturated carbocycles.